The number of benzene rings is 1. The average Bonchev–Trinajstić information content (AvgIpc) is 3.82. The Labute approximate surface area is 337 Å². The molecule has 4 rings (SSSR count). The summed E-state index contributed by atoms with van der Waals surface area (Å²) in [5.74, 6) is -1.50. The second kappa shape index (κ2) is 18.1. The predicted molar refractivity (Wildman–Crippen MR) is 215 cm³/mol. The molecule has 2 saturated heterocycles. The van der Waals surface area contributed by atoms with Gasteiger partial charge in [-0.1, -0.05) is 63.9 Å². The Hall–Kier alpha value is -2.95. The molecule has 8 atom stereocenters. The van der Waals surface area contributed by atoms with Crippen molar-refractivity contribution < 1.29 is 48.0 Å². The lowest BCUT2D eigenvalue weighted by Gasteiger charge is -2.42. The van der Waals surface area contributed by atoms with E-state index in [0.717, 1.165) is 11.1 Å². The fraction of sp³-hybridized carbons (Fsp3) is 0.641. The van der Waals surface area contributed by atoms with Crippen LogP contribution in [0, 0.1) is 5.92 Å². The van der Waals surface area contributed by atoms with Crippen molar-refractivity contribution in [3.8, 4) is 5.75 Å². The first-order valence-electron chi connectivity index (χ1n) is 18.3. The molecule has 3 aliphatic heterocycles. The van der Waals surface area contributed by atoms with Crippen LogP contribution in [0.3, 0.4) is 0 Å². The lowest BCUT2D eigenvalue weighted by Crippen LogP contribution is -2.63. The van der Waals surface area contributed by atoms with Gasteiger partial charge in [0.2, 0.25) is 11.8 Å². The molecule has 4 bridgehead atoms. The number of methoxy groups -OCH3 is 2. The smallest absolute Gasteiger partial charge is 0.409 e. The topological polar surface area (TPSA) is 156 Å². The predicted octanol–water partition coefficient (Wildman–Crippen LogP) is 6.08. The van der Waals surface area contributed by atoms with Gasteiger partial charge < -0.3 is 38.6 Å². The summed E-state index contributed by atoms with van der Waals surface area (Å²) < 4.78 is 29.2. The number of allylic oxidation sites excluding steroid dienone is 3. The molecule has 13 nitrogen and oxygen atoms in total. The maximum Gasteiger partial charge on any atom is 0.409 e. The highest BCUT2D eigenvalue weighted by Crippen LogP contribution is 2.49. The van der Waals surface area contributed by atoms with Gasteiger partial charge in [-0.05, 0) is 71.4 Å². The average molecular weight is 826 g/mol. The summed E-state index contributed by atoms with van der Waals surface area (Å²) >= 11 is 6.78. The molecule has 16 heteroatoms. The van der Waals surface area contributed by atoms with Crippen LogP contribution < -0.4 is 15.0 Å². The molecular formula is C39H56ClN3O10S2. The van der Waals surface area contributed by atoms with Crippen molar-refractivity contribution in [1.29, 1.82) is 0 Å². The fourth-order valence-corrected chi connectivity index (χ4v) is 9.62. The van der Waals surface area contributed by atoms with Crippen molar-refractivity contribution in [1.82, 2.24) is 10.2 Å². The van der Waals surface area contributed by atoms with Crippen LogP contribution in [-0.2, 0) is 39.8 Å². The van der Waals surface area contributed by atoms with Gasteiger partial charge in [-0.15, -0.1) is 0 Å². The molecule has 2 N–H and O–H groups in total. The van der Waals surface area contributed by atoms with Crippen LogP contribution in [0.5, 0.6) is 5.75 Å². The highest BCUT2D eigenvalue weighted by molar-refractivity contribution is 8.76. The molecule has 1 aromatic rings. The number of carbonyl (C=O) groups is 4. The molecule has 55 heavy (non-hydrogen) atoms. The standard InChI is InChI=1S/C39H56ClN3O10S2/c1-22-13-12-14-29(50-10)39(48)21-28(51-36(47)41-39)23(2)34-38(6,53-34)30(20-32(45)43(8)26-18-25(17-22)19-27(49-9)33(26)40)52-35(46)24(3)42(7)31(44)15-16-37(4,5)55-54-11/h12-14,18-19,23-24,28-30,34,48H,15-17,20-21H2,1-11H3,(H,41,47)/b14-12+,22-13+/t23?,24-,28-,29+,30-,34?,38-,39-/m0/s1. The molecule has 0 spiro atoms. The largest absolute Gasteiger partial charge is 0.495 e. The summed E-state index contributed by atoms with van der Waals surface area (Å²) in [5.41, 5.74) is -0.900. The van der Waals surface area contributed by atoms with E-state index in [0.29, 0.717) is 24.3 Å². The number of alkyl carbamates (subject to hydrolysis) is 1. The zero-order valence-electron chi connectivity index (χ0n) is 33.6. The molecule has 3 heterocycles. The molecule has 0 saturated carbocycles. The van der Waals surface area contributed by atoms with Gasteiger partial charge in [-0.3, -0.25) is 14.9 Å². The van der Waals surface area contributed by atoms with E-state index in [2.05, 4.69) is 19.2 Å². The number of anilines is 1. The van der Waals surface area contributed by atoms with Crippen molar-refractivity contribution in [2.75, 3.05) is 39.5 Å². The minimum Gasteiger partial charge on any atom is -0.495 e. The molecule has 0 aliphatic carbocycles. The Bertz CT molecular complexity index is 1680. The Morgan fingerprint density at radius 2 is 1.95 bits per heavy atom. The van der Waals surface area contributed by atoms with E-state index in [-0.39, 0.29) is 34.9 Å². The van der Waals surface area contributed by atoms with Crippen molar-refractivity contribution in [2.24, 2.45) is 5.92 Å². The molecule has 1 aromatic carbocycles. The number of carbonyl (C=O) groups excluding carboxylic acids is 4. The van der Waals surface area contributed by atoms with Gasteiger partial charge in [-0.2, -0.15) is 0 Å². The van der Waals surface area contributed by atoms with Gasteiger partial charge in [0.05, 0.1) is 25.3 Å². The van der Waals surface area contributed by atoms with Gasteiger partial charge in [0.1, 0.15) is 40.7 Å². The van der Waals surface area contributed by atoms with E-state index in [1.54, 1.807) is 73.8 Å². The number of nitrogens with zero attached hydrogens (tertiary/aromatic N) is 2. The number of likely N-dealkylation sites (N-methyl/N-ethyl adjacent to an activating group) is 1. The molecule has 2 unspecified atom stereocenters. The number of amides is 3. The molecule has 0 aromatic heterocycles. The van der Waals surface area contributed by atoms with Crippen LogP contribution in [0.25, 0.3) is 0 Å². The molecule has 0 radical (unpaired) electrons. The zero-order valence-corrected chi connectivity index (χ0v) is 36.0. The first kappa shape index (κ1) is 44.8. The Morgan fingerprint density at radius 1 is 1.25 bits per heavy atom. The summed E-state index contributed by atoms with van der Waals surface area (Å²) in [7, 11) is 9.39. The van der Waals surface area contributed by atoms with Crippen molar-refractivity contribution in [2.45, 2.75) is 120 Å². The van der Waals surface area contributed by atoms with Crippen LogP contribution in [-0.4, -0.2) is 115 Å². The number of hydrogen-bond acceptors (Lipinski definition) is 12. The minimum absolute atomic E-state index is 0.0478. The molecular weight excluding hydrogens is 770 g/mol. The summed E-state index contributed by atoms with van der Waals surface area (Å²) in [5, 5.41) is 14.5. The van der Waals surface area contributed by atoms with Crippen molar-refractivity contribution in [3.63, 3.8) is 0 Å². The number of rotatable bonds is 10. The maximum atomic E-state index is 14.2. The molecule has 2 fully saturated rings. The summed E-state index contributed by atoms with van der Waals surface area (Å²) in [6, 6.07) is 2.62. The number of epoxide rings is 1. The van der Waals surface area contributed by atoms with Gasteiger partial charge in [0, 0.05) is 44.7 Å². The fourth-order valence-electron chi connectivity index (χ4n) is 7.07. The molecule has 3 amide bonds. The number of ether oxygens (including phenoxy) is 5. The van der Waals surface area contributed by atoms with Gasteiger partial charge in [0.15, 0.2) is 5.72 Å². The SMILES string of the molecule is COc1cc2cc(c1Cl)N(C)C(=O)C[C@H](OC(=O)[C@H](C)N(C)C(=O)CCC(C)(C)SSC)[C@]1(C)OC1C(C)[C@@H]1C[C@@](O)(NC(=O)O1)[C@H](OC)/C=C/C=C(\C)C2. The third-order valence-electron chi connectivity index (χ3n) is 10.8. The first-order valence-corrected chi connectivity index (χ1v) is 21.2. The van der Waals surface area contributed by atoms with Crippen LogP contribution >= 0.6 is 33.2 Å². The van der Waals surface area contributed by atoms with E-state index in [1.807, 2.05) is 26.2 Å². The van der Waals surface area contributed by atoms with Crippen LogP contribution in [0.2, 0.25) is 5.02 Å². The number of fused-ring (bicyclic) bond motifs is 5. The summed E-state index contributed by atoms with van der Waals surface area (Å²) in [6.07, 6.45) is 3.81. The van der Waals surface area contributed by atoms with Gasteiger partial charge >= 0.3 is 12.1 Å². The number of aliphatic hydroxyl groups is 1. The Morgan fingerprint density at radius 3 is 2.58 bits per heavy atom. The molecule has 3 aliphatic rings. The number of hydrogen-bond donors (Lipinski definition) is 2. The van der Waals surface area contributed by atoms with E-state index in [1.165, 1.54) is 24.0 Å². The Balaban J connectivity index is 1.71. The monoisotopic (exact) mass is 825 g/mol. The highest BCUT2D eigenvalue weighted by atomic mass is 35.5. The van der Waals surface area contributed by atoms with Crippen molar-refractivity contribution in [3.05, 3.63) is 46.5 Å². The van der Waals surface area contributed by atoms with E-state index in [4.69, 9.17) is 35.3 Å². The lowest BCUT2D eigenvalue weighted by atomic mass is 9.83. The maximum absolute atomic E-state index is 14.2. The zero-order chi connectivity index (χ0) is 41.0. The second-order valence-electron chi connectivity index (χ2n) is 15.4. The number of halogens is 1. The highest BCUT2D eigenvalue weighted by Gasteiger charge is 2.64. The number of nitrogens with one attached hydrogen (secondary N) is 1. The van der Waals surface area contributed by atoms with Crippen LogP contribution in [0.4, 0.5) is 10.5 Å². The van der Waals surface area contributed by atoms with Gasteiger partial charge in [0.25, 0.3) is 0 Å². The third-order valence-corrected chi connectivity index (χ3v) is 13.8. The molecule has 306 valence electrons. The minimum atomic E-state index is -1.83. The van der Waals surface area contributed by atoms with E-state index < -0.39 is 65.7 Å². The third kappa shape index (κ3) is 10.5. The summed E-state index contributed by atoms with van der Waals surface area (Å²) in [6.45, 7) is 11.2. The van der Waals surface area contributed by atoms with Crippen molar-refractivity contribution >= 4 is 62.8 Å². The number of esters is 1. The quantitative estimate of drug-likeness (QED) is 0.160. The lowest BCUT2D eigenvalue weighted by molar-refractivity contribution is -0.162. The normalized spacial score (nSPS) is 30.8. The van der Waals surface area contributed by atoms with Crippen LogP contribution in [0.1, 0.15) is 72.8 Å². The first-order chi connectivity index (χ1) is 25.7. The van der Waals surface area contributed by atoms with Gasteiger partial charge in [-0.25, -0.2) is 9.59 Å². The van der Waals surface area contributed by atoms with E-state index >= 15 is 0 Å². The second-order valence-corrected chi connectivity index (χ2v) is 18.9. The van der Waals surface area contributed by atoms with Crippen LogP contribution in [0.15, 0.2) is 35.9 Å². The Kier molecular flexibility index (Phi) is 14.7. The van der Waals surface area contributed by atoms with E-state index in [9.17, 15) is 24.3 Å². The summed E-state index contributed by atoms with van der Waals surface area (Å²) in [4.78, 5) is 56.9.